The second-order valence-corrected chi connectivity index (χ2v) is 9.08. The number of aliphatic hydroxyl groups is 1. The summed E-state index contributed by atoms with van der Waals surface area (Å²) >= 11 is 4.89. The number of nitrogens with zero attached hydrogens (tertiary/aromatic N) is 1. The van der Waals surface area contributed by atoms with E-state index < -0.39 is 10.0 Å². The van der Waals surface area contributed by atoms with Crippen LogP contribution in [0.25, 0.3) is 0 Å². The van der Waals surface area contributed by atoms with Crippen molar-refractivity contribution in [3.8, 4) is 0 Å². The van der Waals surface area contributed by atoms with Gasteiger partial charge in [-0.15, -0.1) is 11.3 Å². The van der Waals surface area contributed by atoms with Gasteiger partial charge in [-0.3, -0.25) is 0 Å². The summed E-state index contributed by atoms with van der Waals surface area (Å²) in [5.74, 6) is 0. The van der Waals surface area contributed by atoms with Crippen molar-refractivity contribution in [1.29, 1.82) is 0 Å². The van der Waals surface area contributed by atoms with Crippen LogP contribution in [0.1, 0.15) is 16.7 Å². The summed E-state index contributed by atoms with van der Waals surface area (Å²) in [5.41, 5.74) is 2.20. The topological polar surface area (TPSA) is 57.6 Å². The molecule has 0 aliphatic rings. The lowest BCUT2D eigenvalue weighted by molar-refractivity contribution is 0.281. The molecular formula is C14H16BrNO3S2. The van der Waals surface area contributed by atoms with Crippen molar-refractivity contribution in [2.75, 3.05) is 7.05 Å². The third kappa shape index (κ3) is 3.73. The van der Waals surface area contributed by atoms with Crippen molar-refractivity contribution in [2.24, 2.45) is 0 Å². The fourth-order valence-corrected chi connectivity index (χ4v) is 4.59. The zero-order valence-corrected chi connectivity index (χ0v) is 14.9. The zero-order chi connectivity index (χ0) is 15.6. The van der Waals surface area contributed by atoms with E-state index in [-0.39, 0.29) is 11.5 Å². The number of hydrogen-bond acceptors (Lipinski definition) is 4. The number of halogens is 1. The van der Waals surface area contributed by atoms with Gasteiger partial charge in [0.25, 0.3) is 0 Å². The molecule has 1 heterocycles. The lowest BCUT2D eigenvalue weighted by Crippen LogP contribution is -2.27. The molecule has 1 N–H and O–H groups in total. The molecule has 0 aliphatic heterocycles. The largest absolute Gasteiger partial charge is 0.392 e. The minimum atomic E-state index is -3.58. The minimum absolute atomic E-state index is 0.177. The summed E-state index contributed by atoms with van der Waals surface area (Å²) < 4.78 is 27.6. The van der Waals surface area contributed by atoms with E-state index in [0.29, 0.717) is 17.7 Å². The quantitative estimate of drug-likeness (QED) is 0.854. The highest BCUT2D eigenvalue weighted by molar-refractivity contribution is 9.11. The van der Waals surface area contributed by atoms with E-state index >= 15 is 0 Å². The fourth-order valence-electron chi connectivity index (χ4n) is 1.96. The Morgan fingerprint density at radius 1 is 1.29 bits per heavy atom. The molecule has 7 heteroatoms. The first-order chi connectivity index (χ1) is 9.84. The summed E-state index contributed by atoms with van der Waals surface area (Å²) in [6.07, 6.45) is 0. The van der Waals surface area contributed by atoms with Gasteiger partial charge in [0, 0.05) is 13.6 Å². The van der Waals surface area contributed by atoms with Gasteiger partial charge in [-0.05, 0) is 57.1 Å². The Morgan fingerprint density at radius 3 is 2.57 bits per heavy atom. The number of hydrogen-bond donors (Lipinski definition) is 1. The third-order valence-corrected chi connectivity index (χ3v) is 6.65. The molecule has 1 aromatic heterocycles. The molecule has 21 heavy (non-hydrogen) atoms. The zero-order valence-electron chi connectivity index (χ0n) is 11.7. The van der Waals surface area contributed by atoms with Crippen LogP contribution in [0, 0.1) is 6.92 Å². The van der Waals surface area contributed by atoms with E-state index in [4.69, 9.17) is 0 Å². The Kier molecular flexibility index (Phi) is 5.21. The van der Waals surface area contributed by atoms with E-state index in [2.05, 4.69) is 15.9 Å². The molecule has 114 valence electrons. The van der Waals surface area contributed by atoms with Gasteiger partial charge < -0.3 is 5.11 Å². The van der Waals surface area contributed by atoms with Gasteiger partial charge in [0.1, 0.15) is 0 Å². The second kappa shape index (κ2) is 6.58. The monoisotopic (exact) mass is 389 g/mol. The van der Waals surface area contributed by atoms with Gasteiger partial charge in [0.05, 0.1) is 15.3 Å². The van der Waals surface area contributed by atoms with Crippen molar-refractivity contribution in [3.63, 3.8) is 0 Å². The molecule has 0 saturated heterocycles. The summed E-state index contributed by atoms with van der Waals surface area (Å²) in [7, 11) is -2.02. The molecular weight excluding hydrogens is 374 g/mol. The Labute approximate surface area is 137 Å². The van der Waals surface area contributed by atoms with Crippen LogP contribution in [0.3, 0.4) is 0 Å². The van der Waals surface area contributed by atoms with Crippen LogP contribution in [-0.4, -0.2) is 24.9 Å². The molecule has 4 nitrogen and oxygen atoms in total. The number of aryl methyl sites for hydroxylation is 1. The highest BCUT2D eigenvalue weighted by Gasteiger charge is 2.23. The highest BCUT2D eigenvalue weighted by Crippen LogP contribution is 2.25. The summed E-state index contributed by atoms with van der Waals surface area (Å²) in [4.78, 5) is 0.242. The van der Waals surface area contributed by atoms with E-state index in [1.165, 1.54) is 21.7 Å². The van der Waals surface area contributed by atoms with Crippen LogP contribution < -0.4 is 0 Å². The predicted octanol–water partition coefficient (Wildman–Crippen LogP) is 3.13. The molecule has 1 aromatic carbocycles. The van der Waals surface area contributed by atoms with Gasteiger partial charge >= 0.3 is 0 Å². The summed E-state index contributed by atoms with van der Waals surface area (Å²) in [5, 5.41) is 11.1. The van der Waals surface area contributed by atoms with Crippen molar-refractivity contribution in [3.05, 3.63) is 50.1 Å². The molecule has 0 saturated carbocycles. The molecule has 0 bridgehead atoms. The standard InChI is InChI=1S/C14H16BrNO3S2/c1-10-3-4-11(8-17)5-13(10)21(18,19)16(2)7-12-6-14(15)20-9-12/h3-6,9,17H,7-8H2,1-2H3. The number of thiophene rings is 1. The first kappa shape index (κ1) is 16.6. The van der Waals surface area contributed by atoms with Gasteiger partial charge in [-0.1, -0.05) is 12.1 Å². The van der Waals surface area contributed by atoms with E-state index in [1.807, 2.05) is 11.4 Å². The normalized spacial score (nSPS) is 12.0. The van der Waals surface area contributed by atoms with Crippen molar-refractivity contribution >= 4 is 37.3 Å². The van der Waals surface area contributed by atoms with E-state index in [9.17, 15) is 13.5 Å². The summed E-state index contributed by atoms with van der Waals surface area (Å²) in [6.45, 7) is 1.89. The molecule has 0 atom stereocenters. The predicted molar refractivity (Wildman–Crippen MR) is 87.8 cm³/mol. The molecule has 2 aromatic rings. The van der Waals surface area contributed by atoms with Gasteiger partial charge in [0.2, 0.25) is 10.0 Å². The average Bonchev–Trinajstić information content (AvgIpc) is 2.84. The fraction of sp³-hybridized carbons (Fsp3) is 0.286. The van der Waals surface area contributed by atoms with Gasteiger partial charge in [-0.2, -0.15) is 4.31 Å². The van der Waals surface area contributed by atoms with Crippen LogP contribution in [0.4, 0.5) is 0 Å². The van der Waals surface area contributed by atoms with Crippen molar-refractivity contribution in [2.45, 2.75) is 25.0 Å². The maximum atomic E-state index is 12.7. The SMILES string of the molecule is Cc1ccc(CO)cc1S(=O)(=O)N(C)Cc1csc(Br)c1. The van der Waals surface area contributed by atoms with Crippen molar-refractivity contribution < 1.29 is 13.5 Å². The maximum Gasteiger partial charge on any atom is 0.243 e. The molecule has 0 fully saturated rings. The summed E-state index contributed by atoms with van der Waals surface area (Å²) in [6, 6.07) is 6.89. The van der Waals surface area contributed by atoms with Crippen LogP contribution >= 0.6 is 27.3 Å². The Morgan fingerprint density at radius 2 is 2.00 bits per heavy atom. The molecule has 0 radical (unpaired) electrons. The first-order valence-corrected chi connectivity index (χ1v) is 9.35. The Hall–Kier alpha value is -0.730. The van der Waals surface area contributed by atoms with Gasteiger partial charge in [-0.25, -0.2) is 8.42 Å². The van der Waals surface area contributed by atoms with E-state index in [0.717, 1.165) is 9.35 Å². The third-order valence-electron chi connectivity index (χ3n) is 3.15. The lowest BCUT2D eigenvalue weighted by atomic mass is 10.2. The molecule has 2 rings (SSSR count). The Balaban J connectivity index is 2.32. The molecule has 0 unspecified atom stereocenters. The van der Waals surface area contributed by atoms with Crippen LogP contribution in [0.15, 0.2) is 38.3 Å². The average molecular weight is 390 g/mol. The molecule has 0 spiro atoms. The highest BCUT2D eigenvalue weighted by atomic mass is 79.9. The van der Waals surface area contributed by atoms with Crippen molar-refractivity contribution in [1.82, 2.24) is 4.31 Å². The first-order valence-electron chi connectivity index (χ1n) is 6.24. The lowest BCUT2D eigenvalue weighted by Gasteiger charge is -2.18. The number of aliphatic hydroxyl groups excluding tert-OH is 1. The molecule has 0 amide bonds. The van der Waals surface area contributed by atoms with Crippen LogP contribution in [-0.2, 0) is 23.2 Å². The maximum absolute atomic E-state index is 12.7. The van der Waals surface area contributed by atoms with E-state index in [1.54, 1.807) is 26.1 Å². The minimum Gasteiger partial charge on any atom is -0.392 e. The smallest absolute Gasteiger partial charge is 0.243 e. The molecule has 0 aliphatic carbocycles. The van der Waals surface area contributed by atoms with Crippen LogP contribution in [0.5, 0.6) is 0 Å². The van der Waals surface area contributed by atoms with Crippen LogP contribution in [0.2, 0.25) is 0 Å². The van der Waals surface area contributed by atoms with Gasteiger partial charge in [0.15, 0.2) is 0 Å². The number of sulfonamides is 1. The second-order valence-electron chi connectivity index (χ2n) is 4.78. The number of benzene rings is 1. The number of rotatable bonds is 5. The Bertz CT molecular complexity index is 740.